The highest BCUT2D eigenvalue weighted by atomic mass is 19.1. The first kappa shape index (κ1) is 8.77. The number of aromatic nitrogens is 2. The molecular weight excluding hydrogens is 159 g/mol. The second kappa shape index (κ2) is 4.54. The average molecular weight is 168 g/mol. The summed E-state index contributed by atoms with van der Waals surface area (Å²) >= 11 is 0. The summed E-state index contributed by atoms with van der Waals surface area (Å²) in [6.45, 7) is 0. The van der Waals surface area contributed by atoms with Crippen LogP contribution in [0, 0.1) is 5.82 Å². The first-order chi connectivity index (χ1) is 5.83. The van der Waals surface area contributed by atoms with Crippen molar-refractivity contribution in [3.63, 3.8) is 0 Å². The highest BCUT2D eigenvalue weighted by Crippen LogP contribution is 1.98. The van der Waals surface area contributed by atoms with Gasteiger partial charge >= 0.3 is 0 Å². The quantitative estimate of drug-likeness (QED) is 0.500. The van der Waals surface area contributed by atoms with Gasteiger partial charge in [0.1, 0.15) is 12.1 Å². The molecule has 64 valence electrons. The standard InChI is InChI=1S/C8H9FN2O/c9-7-5-10-8(11-6-7)3-1-2-4-12/h4-6H,1-3H2. The summed E-state index contributed by atoms with van der Waals surface area (Å²) in [5, 5.41) is 0. The lowest BCUT2D eigenvalue weighted by molar-refractivity contribution is -0.107. The Balaban J connectivity index is 2.42. The lowest BCUT2D eigenvalue weighted by Crippen LogP contribution is -1.95. The number of rotatable bonds is 4. The maximum atomic E-state index is 12.3. The van der Waals surface area contributed by atoms with Crippen LogP contribution in [0.15, 0.2) is 12.4 Å². The number of aldehydes is 1. The molecule has 0 spiro atoms. The van der Waals surface area contributed by atoms with E-state index in [1.807, 2.05) is 0 Å². The first-order valence-electron chi connectivity index (χ1n) is 3.73. The van der Waals surface area contributed by atoms with Gasteiger partial charge in [-0.2, -0.15) is 0 Å². The highest BCUT2D eigenvalue weighted by molar-refractivity contribution is 5.49. The molecule has 1 heterocycles. The molecule has 0 saturated carbocycles. The lowest BCUT2D eigenvalue weighted by atomic mass is 10.2. The van der Waals surface area contributed by atoms with Gasteiger partial charge in [-0.15, -0.1) is 0 Å². The van der Waals surface area contributed by atoms with Gasteiger partial charge in [0.2, 0.25) is 0 Å². The van der Waals surface area contributed by atoms with Crippen LogP contribution in [0.25, 0.3) is 0 Å². The van der Waals surface area contributed by atoms with Crippen LogP contribution in [0.1, 0.15) is 18.7 Å². The van der Waals surface area contributed by atoms with Gasteiger partial charge < -0.3 is 4.79 Å². The van der Waals surface area contributed by atoms with E-state index in [4.69, 9.17) is 0 Å². The molecule has 0 fully saturated rings. The number of carbonyl (C=O) groups excluding carboxylic acids is 1. The molecule has 0 aliphatic carbocycles. The largest absolute Gasteiger partial charge is 0.303 e. The van der Waals surface area contributed by atoms with Gasteiger partial charge in [-0.1, -0.05) is 0 Å². The molecule has 1 aromatic heterocycles. The maximum Gasteiger partial charge on any atom is 0.159 e. The number of nitrogens with zero attached hydrogens (tertiary/aromatic N) is 2. The Morgan fingerprint density at radius 2 is 2.08 bits per heavy atom. The van der Waals surface area contributed by atoms with Crippen LogP contribution in [0.5, 0.6) is 0 Å². The van der Waals surface area contributed by atoms with Crippen molar-refractivity contribution in [2.24, 2.45) is 0 Å². The van der Waals surface area contributed by atoms with E-state index in [0.717, 1.165) is 25.1 Å². The number of halogens is 1. The molecule has 1 aromatic rings. The molecule has 0 bridgehead atoms. The molecule has 0 unspecified atom stereocenters. The van der Waals surface area contributed by atoms with E-state index in [1.165, 1.54) is 0 Å². The van der Waals surface area contributed by atoms with Gasteiger partial charge in [0.05, 0.1) is 12.4 Å². The summed E-state index contributed by atoms with van der Waals surface area (Å²) in [4.78, 5) is 17.4. The van der Waals surface area contributed by atoms with Gasteiger partial charge in [-0.25, -0.2) is 14.4 Å². The molecular formula is C8H9FN2O. The Morgan fingerprint density at radius 3 is 2.67 bits per heavy atom. The molecule has 1 rings (SSSR count). The molecule has 3 nitrogen and oxygen atoms in total. The summed E-state index contributed by atoms with van der Waals surface area (Å²) in [6.07, 6.45) is 4.95. The summed E-state index contributed by atoms with van der Waals surface area (Å²) in [7, 11) is 0. The Hall–Kier alpha value is -1.32. The van der Waals surface area contributed by atoms with Crippen molar-refractivity contribution in [2.75, 3.05) is 0 Å². The number of carbonyl (C=O) groups is 1. The summed E-state index contributed by atoms with van der Waals surface area (Å²) in [5.41, 5.74) is 0. The minimum atomic E-state index is -0.436. The molecule has 0 amide bonds. The number of hydrogen-bond acceptors (Lipinski definition) is 3. The van der Waals surface area contributed by atoms with Crippen LogP contribution in [0.3, 0.4) is 0 Å². The van der Waals surface area contributed by atoms with Crippen LogP contribution in [0.2, 0.25) is 0 Å². The van der Waals surface area contributed by atoms with E-state index in [-0.39, 0.29) is 0 Å². The SMILES string of the molecule is O=CCCCc1ncc(F)cn1. The van der Waals surface area contributed by atoms with Crippen LogP contribution in [-0.4, -0.2) is 16.3 Å². The summed E-state index contributed by atoms with van der Waals surface area (Å²) in [5.74, 6) is 0.146. The van der Waals surface area contributed by atoms with E-state index < -0.39 is 5.82 Å². The Morgan fingerprint density at radius 1 is 1.42 bits per heavy atom. The number of hydrogen-bond donors (Lipinski definition) is 0. The smallest absolute Gasteiger partial charge is 0.159 e. The van der Waals surface area contributed by atoms with Gasteiger partial charge in [-0.3, -0.25) is 0 Å². The fourth-order valence-electron chi connectivity index (χ4n) is 0.812. The Bertz CT molecular complexity index is 248. The van der Waals surface area contributed by atoms with E-state index in [1.54, 1.807) is 0 Å². The van der Waals surface area contributed by atoms with Gasteiger partial charge in [-0.05, 0) is 6.42 Å². The summed E-state index contributed by atoms with van der Waals surface area (Å²) in [6, 6.07) is 0. The van der Waals surface area contributed by atoms with Crippen molar-refractivity contribution in [1.29, 1.82) is 0 Å². The lowest BCUT2D eigenvalue weighted by Gasteiger charge is -1.95. The zero-order chi connectivity index (χ0) is 8.81. The van der Waals surface area contributed by atoms with Crippen molar-refractivity contribution in [3.05, 3.63) is 24.0 Å². The van der Waals surface area contributed by atoms with E-state index in [2.05, 4.69) is 9.97 Å². The van der Waals surface area contributed by atoms with Gasteiger partial charge in [0, 0.05) is 12.8 Å². The van der Waals surface area contributed by atoms with Crippen LogP contribution < -0.4 is 0 Å². The zero-order valence-electron chi connectivity index (χ0n) is 6.53. The first-order valence-corrected chi connectivity index (χ1v) is 3.73. The molecule has 12 heavy (non-hydrogen) atoms. The van der Waals surface area contributed by atoms with Crippen LogP contribution >= 0.6 is 0 Å². The van der Waals surface area contributed by atoms with E-state index in [9.17, 15) is 9.18 Å². The monoisotopic (exact) mass is 168 g/mol. The highest BCUT2D eigenvalue weighted by Gasteiger charge is 1.96. The minimum absolute atomic E-state index is 0.436. The maximum absolute atomic E-state index is 12.3. The van der Waals surface area contributed by atoms with Crippen molar-refractivity contribution >= 4 is 6.29 Å². The number of aryl methyl sites for hydroxylation is 1. The third-order valence-corrected chi connectivity index (χ3v) is 1.40. The van der Waals surface area contributed by atoms with Gasteiger partial charge in [0.15, 0.2) is 5.82 Å². The average Bonchev–Trinajstić information content (AvgIpc) is 2.09. The fourth-order valence-corrected chi connectivity index (χ4v) is 0.812. The molecule has 0 atom stereocenters. The van der Waals surface area contributed by atoms with Crippen molar-refractivity contribution < 1.29 is 9.18 Å². The van der Waals surface area contributed by atoms with Crippen LogP contribution in [0.4, 0.5) is 4.39 Å². The Labute approximate surface area is 69.7 Å². The van der Waals surface area contributed by atoms with Crippen molar-refractivity contribution in [2.45, 2.75) is 19.3 Å². The third kappa shape index (κ3) is 2.74. The molecule has 0 aliphatic heterocycles. The Kier molecular flexibility index (Phi) is 3.32. The predicted octanol–water partition coefficient (Wildman–Crippen LogP) is 1.14. The van der Waals surface area contributed by atoms with E-state index in [0.29, 0.717) is 18.7 Å². The molecule has 0 aromatic carbocycles. The second-order valence-electron chi connectivity index (χ2n) is 2.38. The van der Waals surface area contributed by atoms with Gasteiger partial charge in [0.25, 0.3) is 0 Å². The topological polar surface area (TPSA) is 42.9 Å². The molecule has 0 radical (unpaired) electrons. The van der Waals surface area contributed by atoms with E-state index >= 15 is 0 Å². The fraction of sp³-hybridized carbons (Fsp3) is 0.375. The number of unbranched alkanes of at least 4 members (excludes halogenated alkanes) is 1. The zero-order valence-corrected chi connectivity index (χ0v) is 6.53. The molecule has 4 heteroatoms. The minimum Gasteiger partial charge on any atom is -0.303 e. The molecule has 0 saturated heterocycles. The molecule has 0 N–H and O–H groups in total. The van der Waals surface area contributed by atoms with Crippen molar-refractivity contribution in [3.8, 4) is 0 Å². The normalized spacial score (nSPS) is 9.75. The van der Waals surface area contributed by atoms with Crippen molar-refractivity contribution in [1.82, 2.24) is 9.97 Å². The predicted molar refractivity (Wildman–Crippen MR) is 41.0 cm³/mol. The molecule has 0 aliphatic rings. The summed E-state index contributed by atoms with van der Waals surface area (Å²) < 4.78 is 12.3. The third-order valence-electron chi connectivity index (χ3n) is 1.40. The second-order valence-corrected chi connectivity index (χ2v) is 2.38. The van der Waals surface area contributed by atoms with Crippen LogP contribution in [-0.2, 0) is 11.2 Å².